The van der Waals surface area contributed by atoms with Gasteiger partial charge in [0.25, 0.3) is 0 Å². The van der Waals surface area contributed by atoms with Gasteiger partial charge in [0.1, 0.15) is 0 Å². The summed E-state index contributed by atoms with van der Waals surface area (Å²) in [5.41, 5.74) is 0. The quantitative estimate of drug-likeness (QED) is 0.579. The number of rotatable bonds is 7. The number of nitrogens with one attached hydrogen (secondary N) is 1. The standard InChI is InChI=1S/C12H25NO4/c1-9(7-16-2)17-8-11(14)5-10-6-13-4-3-12(10)15/h9-15H,3-8H2,1-2H3. The molecule has 5 heteroatoms. The third kappa shape index (κ3) is 5.79. The van der Waals surface area contributed by atoms with Gasteiger partial charge in [-0.1, -0.05) is 0 Å². The average molecular weight is 247 g/mol. The molecule has 0 saturated carbocycles. The number of aliphatic hydroxyl groups is 2. The largest absolute Gasteiger partial charge is 0.393 e. The van der Waals surface area contributed by atoms with Crippen LogP contribution in [-0.2, 0) is 9.47 Å². The number of hydrogen-bond acceptors (Lipinski definition) is 5. The number of piperidine rings is 1. The van der Waals surface area contributed by atoms with Gasteiger partial charge in [0.05, 0.1) is 31.5 Å². The first-order chi connectivity index (χ1) is 8.13. The highest BCUT2D eigenvalue weighted by Crippen LogP contribution is 2.17. The van der Waals surface area contributed by atoms with Crippen LogP contribution in [0.5, 0.6) is 0 Å². The van der Waals surface area contributed by atoms with Crippen molar-refractivity contribution >= 4 is 0 Å². The first-order valence-electron chi connectivity index (χ1n) is 6.30. The third-order valence-electron chi connectivity index (χ3n) is 3.12. The SMILES string of the molecule is COCC(C)OCC(O)CC1CNCCC1O. The molecule has 102 valence electrons. The Morgan fingerprint density at radius 3 is 2.82 bits per heavy atom. The molecule has 0 amide bonds. The van der Waals surface area contributed by atoms with Crippen molar-refractivity contribution in [3.8, 4) is 0 Å². The van der Waals surface area contributed by atoms with Crippen molar-refractivity contribution < 1.29 is 19.7 Å². The second-order valence-electron chi connectivity index (χ2n) is 4.81. The van der Waals surface area contributed by atoms with Crippen LogP contribution in [0.2, 0.25) is 0 Å². The van der Waals surface area contributed by atoms with Crippen molar-refractivity contribution in [2.75, 3.05) is 33.4 Å². The molecule has 4 atom stereocenters. The molecular weight excluding hydrogens is 222 g/mol. The van der Waals surface area contributed by atoms with Gasteiger partial charge in [0, 0.05) is 13.7 Å². The molecule has 0 aromatic heterocycles. The lowest BCUT2D eigenvalue weighted by atomic mass is 9.91. The Kier molecular flexibility index (Phi) is 6.99. The summed E-state index contributed by atoms with van der Waals surface area (Å²) in [5.74, 6) is 0.125. The van der Waals surface area contributed by atoms with Crippen molar-refractivity contribution in [3.05, 3.63) is 0 Å². The minimum Gasteiger partial charge on any atom is -0.393 e. The van der Waals surface area contributed by atoms with Crippen LogP contribution < -0.4 is 5.32 Å². The Labute approximate surface area is 103 Å². The molecule has 1 rings (SSSR count). The molecule has 1 fully saturated rings. The van der Waals surface area contributed by atoms with Gasteiger partial charge in [-0.05, 0) is 32.2 Å². The molecule has 0 bridgehead atoms. The maximum absolute atomic E-state index is 9.83. The van der Waals surface area contributed by atoms with E-state index in [0.717, 1.165) is 19.5 Å². The zero-order valence-electron chi connectivity index (χ0n) is 10.8. The van der Waals surface area contributed by atoms with Crippen LogP contribution >= 0.6 is 0 Å². The molecule has 5 nitrogen and oxygen atoms in total. The minimum absolute atomic E-state index is 0.0101. The second kappa shape index (κ2) is 8.00. The number of ether oxygens (including phenoxy) is 2. The van der Waals surface area contributed by atoms with E-state index in [4.69, 9.17) is 9.47 Å². The summed E-state index contributed by atoms with van der Waals surface area (Å²) in [4.78, 5) is 0. The summed E-state index contributed by atoms with van der Waals surface area (Å²) in [5, 5.41) is 22.8. The lowest BCUT2D eigenvalue weighted by Gasteiger charge is -2.30. The summed E-state index contributed by atoms with van der Waals surface area (Å²) in [7, 11) is 1.63. The summed E-state index contributed by atoms with van der Waals surface area (Å²) in [6.07, 6.45) is 0.506. The molecule has 17 heavy (non-hydrogen) atoms. The maximum atomic E-state index is 9.83. The van der Waals surface area contributed by atoms with E-state index in [9.17, 15) is 10.2 Å². The van der Waals surface area contributed by atoms with Gasteiger partial charge in [-0.3, -0.25) is 0 Å². The molecule has 0 aliphatic carbocycles. The maximum Gasteiger partial charge on any atom is 0.0781 e. The van der Waals surface area contributed by atoms with Crippen molar-refractivity contribution in [1.82, 2.24) is 5.32 Å². The molecule has 1 aliphatic heterocycles. The van der Waals surface area contributed by atoms with Crippen molar-refractivity contribution in [2.24, 2.45) is 5.92 Å². The van der Waals surface area contributed by atoms with E-state index in [0.29, 0.717) is 19.6 Å². The molecule has 1 saturated heterocycles. The third-order valence-corrected chi connectivity index (χ3v) is 3.12. The normalized spacial score (nSPS) is 28.9. The predicted octanol–water partition coefficient (Wildman–Crippen LogP) is -0.241. The zero-order valence-corrected chi connectivity index (χ0v) is 10.8. The zero-order chi connectivity index (χ0) is 12.7. The van der Waals surface area contributed by atoms with Crippen LogP contribution in [0.3, 0.4) is 0 Å². The minimum atomic E-state index is -0.520. The van der Waals surface area contributed by atoms with E-state index in [1.54, 1.807) is 7.11 Å². The van der Waals surface area contributed by atoms with E-state index in [1.165, 1.54) is 0 Å². The van der Waals surface area contributed by atoms with E-state index in [1.807, 2.05) is 6.92 Å². The first kappa shape index (κ1) is 14.9. The molecule has 3 N–H and O–H groups in total. The Bertz CT molecular complexity index is 203. The van der Waals surface area contributed by atoms with Gasteiger partial charge in [0.2, 0.25) is 0 Å². The Morgan fingerprint density at radius 1 is 1.41 bits per heavy atom. The van der Waals surface area contributed by atoms with Gasteiger partial charge >= 0.3 is 0 Å². The van der Waals surface area contributed by atoms with Gasteiger partial charge in [-0.2, -0.15) is 0 Å². The summed E-state index contributed by atoms with van der Waals surface area (Å²) < 4.78 is 10.4. The first-order valence-corrected chi connectivity index (χ1v) is 6.30. The monoisotopic (exact) mass is 247 g/mol. The van der Waals surface area contributed by atoms with Crippen LogP contribution in [0.15, 0.2) is 0 Å². The van der Waals surface area contributed by atoms with Crippen molar-refractivity contribution in [1.29, 1.82) is 0 Å². The smallest absolute Gasteiger partial charge is 0.0781 e. The van der Waals surface area contributed by atoms with E-state index in [2.05, 4.69) is 5.32 Å². The summed E-state index contributed by atoms with van der Waals surface area (Å²) >= 11 is 0. The predicted molar refractivity (Wildman–Crippen MR) is 64.9 cm³/mol. The van der Waals surface area contributed by atoms with E-state index in [-0.39, 0.29) is 18.1 Å². The van der Waals surface area contributed by atoms with Gasteiger partial charge in [-0.15, -0.1) is 0 Å². The fourth-order valence-electron chi connectivity index (χ4n) is 2.13. The molecule has 0 aromatic rings. The Balaban J connectivity index is 2.17. The molecular formula is C12H25NO4. The van der Waals surface area contributed by atoms with E-state index < -0.39 is 6.10 Å². The molecule has 0 spiro atoms. The highest BCUT2D eigenvalue weighted by molar-refractivity contribution is 4.79. The van der Waals surface area contributed by atoms with Gasteiger partial charge in [-0.25, -0.2) is 0 Å². The van der Waals surface area contributed by atoms with Crippen LogP contribution in [0, 0.1) is 5.92 Å². The van der Waals surface area contributed by atoms with E-state index >= 15 is 0 Å². The highest BCUT2D eigenvalue weighted by atomic mass is 16.5. The lowest BCUT2D eigenvalue weighted by molar-refractivity contribution is -0.0455. The van der Waals surface area contributed by atoms with Crippen molar-refractivity contribution in [3.63, 3.8) is 0 Å². The second-order valence-corrected chi connectivity index (χ2v) is 4.81. The van der Waals surface area contributed by atoms with Gasteiger partial charge < -0.3 is 25.0 Å². The summed E-state index contributed by atoms with van der Waals surface area (Å²) in [6, 6.07) is 0. The lowest BCUT2D eigenvalue weighted by Crippen LogP contribution is -2.42. The molecule has 1 heterocycles. The van der Waals surface area contributed by atoms with Crippen molar-refractivity contribution in [2.45, 2.75) is 38.1 Å². The molecule has 0 radical (unpaired) electrons. The van der Waals surface area contributed by atoms with Crippen LogP contribution in [0.4, 0.5) is 0 Å². The van der Waals surface area contributed by atoms with Crippen LogP contribution in [0.1, 0.15) is 19.8 Å². The topological polar surface area (TPSA) is 71.0 Å². The number of aliphatic hydroxyl groups excluding tert-OH is 2. The number of hydrogen-bond donors (Lipinski definition) is 3. The summed E-state index contributed by atoms with van der Waals surface area (Å²) in [6.45, 7) is 4.36. The molecule has 4 unspecified atom stereocenters. The van der Waals surface area contributed by atoms with Gasteiger partial charge in [0.15, 0.2) is 0 Å². The highest BCUT2D eigenvalue weighted by Gasteiger charge is 2.25. The molecule has 0 aromatic carbocycles. The van der Waals surface area contributed by atoms with Crippen LogP contribution in [0.25, 0.3) is 0 Å². The Hall–Kier alpha value is -0.200. The average Bonchev–Trinajstić information content (AvgIpc) is 2.30. The Morgan fingerprint density at radius 2 is 2.18 bits per heavy atom. The fourth-order valence-corrected chi connectivity index (χ4v) is 2.13. The van der Waals surface area contributed by atoms with Crippen LogP contribution in [-0.4, -0.2) is 61.9 Å². The fraction of sp³-hybridized carbons (Fsp3) is 1.00. The number of methoxy groups -OCH3 is 1. The molecule has 1 aliphatic rings.